The Hall–Kier alpha value is -1.61. The van der Waals surface area contributed by atoms with Gasteiger partial charge in [-0.05, 0) is 25.3 Å². The minimum Gasteiger partial charge on any atom is -0.390 e. The van der Waals surface area contributed by atoms with Crippen LogP contribution in [0.25, 0.3) is 11.3 Å². The number of rotatable bonds is 1. The van der Waals surface area contributed by atoms with Crippen molar-refractivity contribution in [2.75, 3.05) is 0 Å². The van der Waals surface area contributed by atoms with Crippen molar-refractivity contribution in [3.8, 4) is 11.3 Å². The lowest BCUT2D eigenvalue weighted by Gasteiger charge is -2.46. The highest BCUT2D eigenvalue weighted by Gasteiger charge is 2.49. The predicted molar refractivity (Wildman–Crippen MR) is 69.1 cm³/mol. The molecule has 1 saturated carbocycles. The lowest BCUT2D eigenvalue weighted by atomic mass is 9.65. The number of imidazole rings is 1. The summed E-state index contributed by atoms with van der Waals surface area (Å²) in [4.78, 5) is 4.26. The van der Waals surface area contributed by atoms with Gasteiger partial charge in [0.05, 0.1) is 29.9 Å². The molecule has 3 atom stereocenters. The quantitative estimate of drug-likeness (QED) is 0.832. The summed E-state index contributed by atoms with van der Waals surface area (Å²) >= 11 is 0. The smallest absolute Gasteiger partial charge is 0.0956 e. The third-order valence-electron chi connectivity index (χ3n) is 4.66. The molecule has 0 spiro atoms. The number of hydrogen-bond donors (Lipinski definition) is 1. The summed E-state index contributed by atoms with van der Waals surface area (Å²) in [6.45, 7) is 1.96. The molecule has 0 saturated heterocycles. The van der Waals surface area contributed by atoms with Crippen molar-refractivity contribution in [1.82, 2.24) is 9.55 Å². The highest BCUT2D eigenvalue weighted by molar-refractivity contribution is 5.69. The maximum atomic E-state index is 10.4. The van der Waals surface area contributed by atoms with Crippen LogP contribution in [-0.2, 0) is 0 Å². The van der Waals surface area contributed by atoms with Crippen LogP contribution in [0.5, 0.6) is 0 Å². The molecule has 2 aromatic rings. The van der Waals surface area contributed by atoms with Crippen LogP contribution in [0.3, 0.4) is 0 Å². The molecule has 1 aromatic heterocycles. The van der Waals surface area contributed by atoms with Crippen LogP contribution in [0, 0.1) is 5.92 Å². The van der Waals surface area contributed by atoms with Crippen LogP contribution in [0.1, 0.15) is 31.4 Å². The first kappa shape index (κ1) is 10.3. The summed E-state index contributed by atoms with van der Waals surface area (Å²) in [5.74, 6) is 0.300. The zero-order chi connectivity index (χ0) is 12.3. The van der Waals surface area contributed by atoms with Crippen LogP contribution in [0.2, 0.25) is 0 Å². The fourth-order valence-electron chi connectivity index (χ4n) is 3.51. The van der Waals surface area contributed by atoms with Crippen molar-refractivity contribution < 1.29 is 5.11 Å². The third kappa shape index (κ3) is 1.15. The molecule has 2 heterocycles. The van der Waals surface area contributed by atoms with E-state index in [2.05, 4.69) is 33.8 Å². The Kier molecular flexibility index (Phi) is 1.86. The largest absolute Gasteiger partial charge is 0.390 e. The van der Waals surface area contributed by atoms with Crippen LogP contribution < -0.4 is 0 Å². The lowest BCUT2D eigenvalue weighted by Crippen LogP contribution is -2.48. The molecule has 3 nitrogen and oxygen atoms in total. The summed E-state index contributed by atoms with van der Waals surface area (Å²) in [6, 6.07) is 8.73. The standard InChI is InChI=1S/C15H16N2O/c1-15(18)7-6-12(15)14-11-5-3-2-4-10(11)13-8-16-9-17(13)14/h2-5,8-9,12,14,18H,6-7H2,1H3/t12-,14?,15+/m0/s1. The van der Waals surface area contributed by atoms with E-state index in [9.17, 15) is 5.11 Å². The Morgan fingerprint density at radius 3 is 2.94 bits per heavy atom. The van der Waals surface area contributed by atoms with Crippen molar-refractivity contribution in [2.45, 2.75) is 31.4 Å². The molecule has 1 aliphatic carbocycles. The SMILES string of the molecule is C[C@@]1(O)CC[C@H]1C1c2ccccc2-c2cncn21. The van der Waals surface area contributed by atoms with Crippen molar-refractivity contribution in [2.24, 2.45) is 5.92 Å². The first-order chi connectivity index (χ1) is 8.68. The average Bonchev–Trinajstić information content (AvgIpc) is 2.92. The Morgan fingerprint density at radius 1 is 1.39 bits per heavy atom. The molecule has 3 heteroatoms. The fourth-order valence-corrected chi connectivity index (χ4v) is 3.51. The van der Waals surface area contributed by atoms with E-state index in [1.54, 1.807) is 0 Å². The predicted octanol–water partition coefficient (Wildman–Crippen LogP) is 2.61. The number of aliphatic hydroxyl groups is 1. The topological polar surface area (TPSA) is 38.1 Å². The zero-order valence-electron chi connectivity index (χ0n) is 10.4. The van der Waals surface area contributed by atoms with E-state index in [0.717, 1.165) is 12.8 Å². The highest BCUT2D eigenvalue weighted by Crippen LogP contribution is 2.52. The van der Waals surface area contributed by atoms with Gasteiger partial charge >= 0.3 is 0 Å². The molecule has 0 bridgehead atoms. The van der Waals surface area contributed by atoms with E-state index < -0.39 is 5.60 Å². The third-order valence-corrected chi connectivity index (χ3v) is 4.66. The molecule has 2 aliphatic rings. The van der Waals surface area contributed by atoms with Gasteiger partial charge in [-0.1, -0.05) is 24.3 Å². The number of benzene rings is 1. The van der Waals surface area contributed by atoms with Crippen LogP contribution in [0.4, 0.5) is 0 Å². The van der Waals surface area contributed by atoms with Gasteiger partial charge in [-0.25, -0.2) is 4.98 Å². The Labute approximate surface area is 106 Å². The zero-order valence-corrected chi connectivity index (χ0v) is 10.4. The molecule has 1 fully saturated rings. The van der Waals surface area contributed by atoms with Crippen molar-refractivity contribution in [1.29, 1.82) is 0 Å². The second-order valence-electron chi connectivity index (χ2n) is 5.72. The molecule has 18 heavy (non-hydrogen) atoms. The maximum Gasteiger partial charge on any atom is 0.0956 e. The summed E-state index contributed by atoms with van der Waals surface area (Å²) in [7, 11) is 0. The summed E-state index contributed by atoms with van der Waals surface area (Å²) in [6.07, 6.45) is 5.81. The number of hydrogen-bond acceptors (Lipinski definition) is 2. The van der Waals surface area contributed by atoms with Crippen molar-refractivity contribution in [3.63, 3.8) is 0 Å². The Bertz CT molecular complexity index is 614. The van der Waals surface area contributed by atoms with E-state index in [4.69, 9.17) is 0 Å². The molecule has 1 aliphatic heterocycles. The van der Waals surface area contributed by atoms with Gasteiger partial charge in [-0.15, -0.1) is 0 Å². The lowest BCUT2D eigenvalue weighted by molar-refractivity contribution is -0.0924. The van der Waals surface area contributed by atoms with Crippen molar-refractivity contribution >= 4 is 0 Å². The summed E-state index contributed by atoms with van der Waals surface area (Å²) < 4.78 is 2.23. The molecule has 0 radical (unpaired) electrons. The van der Waals surface area contributed by atoms with Gasteiger partial charge in [0.25, 0.3) is 0 Å². The number of nitrogens with zero attached hydrogens (tertiary/aromatic N) is 2. The Balaban J connectivity index is 1.90. The molecular weight excluding hydrogens is 224 g/mol. The average molecular weight is 240 g/mol. The first-order valence-electron chi connectivity index (χ1n) is 6.52. The highest BCUT2D eigenvalue weighted by atomic mass is 16.3. The molecular formula is C15H16N2O. The van der Waals surface area contributed by atoms with E-state index in [0.29, 0.717) is 5.92 Å². The van der Waals surface area contributed by atoms with E-state index in [-0.39, 0.29) is 6.04 Å². The normalized spacial score (nSPS) is 32.8. The van der Waals surface area contributed by atoms with E-state index in [1.807, 2.05) is 19.4 Å². The first-order valence-corrected chi connectivity index (χ1v) is 6.52. The van der Waals surface area contributed by atoms with E-state index in [1.165, 1.54) is 16.8 Å². The van der Waals surface area contributed by atoms with Gasteiger partial charge < -0.3 is 9.67 Å². The van der Waals surface area contributed by atoms with Gasteiger partial charge in [0.1, 0.15) is 0 Å². The van der Waals surface area contributed by atoms with Gasteiger partial charge in [0, 0.05) is 11.5 Å². The summed E-state index contributed by atoms with van der Waals surface area (Å²) in [5, 5.41) is 10.4. The molecule has 1 unspecified atom stereocenters. The van der Waals surface area contributed by atoms with Gasteiger partial charge in [-0.2, -0.15) is 0 Å². The maximum absolute atomic E-state index is 10.4. The van der Waals surface area contributed by atoms with Gasteiger partial charge in [0.15, 0.2) is 0 Å². The molecule has 0 amide bonds. The second-order valence-corrected chi connectivity index (χ2v) is 5.72. The summed E-state index contributed by atoms with van der Waals surface area (Å²) in [5.41, 5.74) is 3.24. The van der Waals surface area contributed by atoms with Gasteiger partial charge in [0.2, 0.25) is 0 Å². The second kappa shape index (κ2) is 3.23. The minimum absolute atomic E-state index is 0.252. The van der Waals surface area contributed by atoms with Crippen LogP contribution >= 0.6 is 0 Å². The van der Waals surface area contributed by atoms with Gasteiger partial charge in [-0.3, -0.25) is 0 Å². The Morgan fingerprint density at radius 2 is 2.22 bits per heavy atom. The molecule has 1 aromatic carbocycles. The molecule has 1 N–H and O–H groups in total. The number of aromatic nitrogens is 2. The molecule has 92 valence electrons. The minimum atomic E-state index is -0.538. The fraction of sp³-hybridized carbons (Fsp3) is 0.400. The van der Waals surface area contributed by atoms with E-state index >= 15 is 0 Å². The molecule has 4 rings (SSSR count). The van der Waals surface area contributed by atoms with Crippen molar-refractivity contribution in [3.05, 3.63) is 42.4 Å². The van der Waals surface area contributed by atoms with Crippen LogP contribution in [-0.4, -0.2) is 20.3 Å². The monoisotopic (exact) mass is 240 g/mol. The van der Waals surface area contributed by atoms with Crippen LogP contribution in [0.15, 0.2) is 36.8 Å². The number of fused-ring (bicyclic) bond motifs is 3.